The Morgan fingerprint density at radius 1 is 1.24 bits per heavy atom. The van der Waals surface area contributed by atoms with Gasteiger partial charge in [-0.25, -0.2) is 9.59 Å². The van der Waals surface area contributed by atoms with Crippen molar-refractivity contribution in [3.05, 3.63) is 23.8 Å². The number of rotatable bonds is 10. The molecule has 0 aliphatic carbocycles. The number of hydrogen-bond acceptors (Lipinski definition) is 9. The van der Waals surface area contributed by atoms with Crippen molar-refractivity contribution in [3.63, 3.8) is 0 Å². The fraction of sp³-hybridized carbons (Fsp3) is 0.636. The number of nitrogens with one attached hydrogen (secondary N) is 1. The molecule has 11 heteroatoms. The molecule has 1 aromatic rings. The third-order valence-electron chi connectivity index (χ3n) is 4.76. The molecule has 1 saturated heterocycles. The van der Waals surface area contributed by atoms with Crippen molar-refractivity contribution in [3.8, 4) is 5.75 Å². The lowest BCUT2D eigenvalue weighted by atomic mass is 9.79. The average Bonchev–Trinajstić information content (AvgIpc) is 2.75. The van der Waals surface area contributed by atoms with E-state index in [0.717, 1.165) is 19.3 Å². The molecule has 2 rings (SSSR count). The molecule has 3 N–H and O–H groups in total. The first-order valence-corrected chi connectivity index (χ1v) is 11.0. The SMILES string of the molecule is COC(=O)[C@H](Cc1ccc(B(O)O)c(OCCOC2CCCCO2)c1)NC(=O)OC(C)(C)C. The van der Waals surface area contributed by atoms with E-state index in [-0.39, 0.29) is 37.1 Å². The van der Waals surface area contributed by atoms with Gasteiger partial charge in [-0.05, 0) is 51.7 Å². The summed E-state index contributed by atoms with van der Waals surface area (Å²) in [4.78, 5) is 24.3. The van der Waals surface area contributed by atoms with Crippen molar-refractivity contribution in [1.29, 1.82) is 0 Å². The molecule has 2 atom stereocenters. The highest BCUT2D eigenvalue weighted by Crippen LogP contribution is 2.16. The predicted molar refractivity (Wildman–Crippen MR) is 120 cm³/mol. The van der Waals surface area contributed by atoms with Gasteiger partial charge in [0.2, 0.25) is 0 Å². The highest BCUT2D eigenvalue weighted by molar-refractivity contribution is 6.59. The summed E-state index contributed by atoms with van der Waals surface area (Å²) in [5.41, 5.74) is 0.0508. The van der Waals surface area contributed by atoms with E-state index in [1.54, 1.807) is 32.9 Å². The van der Waals surface area contributed by atoms with Gasteiger partial charge in [0.15, 0.2) is 6.29 Å². The monoisotopic (exact) mass is 467 g/mol. The minimum Gasteiger partial charge on any atom is -0.492 e. The Kier molecular flexibility index (Phi) is 10.4. The maximum atomic E-state index is 12.2. The molecule has 1 fully saturated rings. The number of benzene rings is 1. The van der Waals surface area contributed by atoms with Gasteiger partial charge >= 0.3 is 19.2 Å². The van der Waals surface area contributed by atoms with Gasteiger partial charge in [0, 0.05) is 18.5 Å². The zero-order chi connectivity index (χ0) is 24.4. The Morgan fingerprint density at radius 2 is 2.00 bits per heavy atom. The molecule has 0 radical (unpaired) electrons. The van der Waals surface area contributed by atoms with Crippen LogP contribution in [0.3, 0.4) is 0 Å². The van der Waals surface area contributed by atoms with Crippen molar-refractivity contribution < 1.29 is 43.3 Å². The number of amides is 1. The number of carbonyl (C=O) groups excluding carboxylic acids is 2. The normalized spacial score (nSPS) is 17.1. The molecule has 0 aromatic heterocycles. The lowest BCUT2D eigenvalue weighted by Gasteiger charge is -2.23. The molecule has 10 nitrogen and oxygen atoms in total. The summed E-state index contributed by atoms with van der Waals surface area (Å²) in [5.74, 6) is -0.410. The lowest BCUT2D eigenvalue weighted by molar-refractivity contribution is -0.165. The Labute approximate surface area is 194 Å². The molecule has 1 aliphatic heterocycles. The number of esters is 1. The standard InChI is InChI=1S/C22H34BNO9/c1-22(2,3)33-21(26)24-17(20(25)29-4)13-15-8-9-16(23(27)28)18(14-15)30-11-12-32-19-7-5-6-10-31-19/h8-9,14,17,19,27-28H,5-7,10-13H2,1-4H3,(H,24,26)/t17-,19?/m0/s1. The van der Waals surface area contributed by atoms with E-state index in [4.69, 9.17) is 23.7 Å². The second-order valence-corrected chi connectivity index (χ2v) is 8.69. The van der Waals surface area contributed by atoms with Crippen LogP contribution >= 0.6 is 0 Å². The fourth-order valence-electron chi connectivity index (χ4n) is 3.24. The highest BCUT2D eigenvalue weighted by atomic mass is 16.7. The molecule has 0 saturated carbocycles. The highest BCUT2D eigenvalue weighted by Gasteiger charge is 2.26. The van der Waals surface area contributed by atoms with E-state index in [1.165, 1.54) is 13.2 Å². The van der Waals surface area contributed by atoms with Crippen LogP contribution in [0.5, 0.6) is 5.75 Å². The molecule has 1 unspecified atom stereocenters. The van der Waals surface area contributed by atoms with Gasteiger partial charge in [0.25, 0.3) is 0 Å². The number of carbonyl (C=O) groups is 2. The van der Waals surface area contributed by atoms with Crippen molar-refractivity contribution in [2.45, 2.75) is 64.4 Å². The summed E-state index contributed by atoms with van der Waals surface area (Å²) < 4.78 is 26.9. The van der Waals surface area contributed by atoms with Crippen molar-refractivity contribution in [2.75, 3.05) is 26.9 Å². The Morgan fingerprint density at radius 3 is 2.61 bits per heavy atom. The van der Waals surface area contributed by atoms with E-state index >= 15 is 0 Å². The summed E-state index contributed by atoms with van der Waals surface area (Å²) in [7, 11) is -0.519. The maximum Gasteiger partial charge on any atom is 0.492 e. The quantitative estimate of drug-likeness (QED) is 0.261. The second-order valence-electron chi connectivity index (χ2n) is 8.69. The van der Waals surface area contributed by atoms with Crippen LogP contribution in [0.2, 0.25) is 0 Å². The third kappa shape index (κ3) is 9.59. The van der Waals surface area contributed by atoms with Crippen LogP contribution in [0.1, 0.15) is 45.6 Å². The lowest BCUT2D eigenvalue weighted by Crippen LogP contribution is -2.45. The van der Waals surface area contributed by atoms with E-state index in [0.29, 0.717) is 12.2 Å². The van der Waals surface area contributed by atoms with E-state index < -0.39 is 30.8 Å². The molecular weight excluding hydrogens is 433 g/mol. The predicted octanol–water partition coefficient (Wildman–Crippen LogP) is 0.897. The smallest absolute Gasteiger partial charge is 0.492 e. The van der Waals surface area contributed by atoms with Gasteiger partial charge in [-0.15, -0.1) is 0 Å². The zero-order valence-corrected chi connectivity index (χ0v) is 19.7. The van der Waals surface area contributed by atoms with Crippen LogP contribution < -0.4 is 15.5 Å². The van der Waals surface area contributed by atoms with Crippen molar-refractivity contribution >= 4 is 24.6 Å². The summed E-state index contributed by atoms with van der Waals surface area (Å²) in [6.07, 6.45) is 1.98. The molecule has 0 spiro atoms. The van der Waals surface area contributed by atoms with Crippen molar-refractivity contribution in [1.82, 2.24) is 5.32 Å². The Balaban J connectivity index is 2.04. The third-order valence-corrected chi connectivity index (χ3v) is 4.76. The van der Waals surface area contributed by atoms with Crippen molar-refractivity contribution in [2.24, 2.45) is 0 Å². The Bertz CT molecular complexity index is 776. The first-order valence-electron chi connectivity index (χ1n) is 11.0. The van der Waals surface area contributed by atoms with E-state index in [2.05, 4.69) is 5.32 Å². The van der Waals surface area contributed by atoms with Gasteiger partial charge in [-0.2, -0.15) is 0 Å². The fourth-order valence-corrected chi connectivity index (χ4v) is 3.24. The minimum atomic E-state index is -1.74. The van der Waals surface area contributed by atoms with Crippen LogP contribution in [0.15, 0.2) is 18.2 Å². The first kappa shape index (κ1) is 26.9. The Hall–Kier alpha value is -2.34. The average molecular weight is 467 g/mol. The summed E-state index contributed by atoms with van der Waals surface area (Å²) in [6, 6.07) is 3.68. The van der Waals surface area contributed by atoms with Gasteiger partial charge in [0.05, 0.1) is 13.7 Å². The van der Waals surface area contributed by atoms with Crippen LogP contribution in [0.25, 0.3) is 0 Å². The van der Waals surface area contributed by atoms with Crippen LogP contribution in [-0.4, -0.2) is 74.1 Å². The molecule has 184 valence electrons. The topological polar surface area (TPSA) is 133 Å². The first-order chi connectivity index (χ1) is 15.6. The molecular formula is C22H34BNO9. The van der Waals surface area contributed by atoms with E-state index in [9.17, 15) is 19.6 Å². The molecule has 1 heterocycles. The molecule has 0 bridgehead atoms. The van der Waals surface area contributed by atoms with Gasteiger partial charge < -0.3 is 39.0 Å². The minimum absolute atomic E-state index is 0.0799. The molecule has 1 amide bonds. The number of methoxy groups -OCH3 is 1. The molecule has 1 aliphatic rings. The van der Waals surface area contributed by atoms with Gasteiger partial charge in [0.1, 0.15) is 24.0 Å². The van der Waals surface area contributed by atoms with Crippen LogP contribution in [0, 0.1) is 0 Å². The zero-order valence-electron chi connectivity index (χ0n) is 19.7. The van der Waals surface area contributed by atoms with Crippen LogP contribution in [-0.2, 0) is 30.2 Å². The summed E-state index contributed by atoms with van der Waals surface area (Å²) in [6.45, 7) is 6.25. The van der Waals surface area contributed by atoms with E-state index in [1.807, 2.05) is 0 Å². The summed E-state index contributed by atoms with van der Waals surface area (Å²) >= 11 is 0. The maximum absolute atomic E-state index is 12.2. The number of ether oxygens (including phenoxy) is 5. The van der Waals surface area contributed by atoms with Gasteiger partial charge in [-0.1, -0.05) is 12.1 Å². The number of hydrogen-bond donors (Lipinski definition) is 3. The van der Waals surface area contributed by atoms with Gasteiger partial charge in [-0.3, -0.25) is 0 Å². The largest absolute Gasteiger partial charge is 0.492 e. The van der Waals surface area contributed by atoms with Crippen LogP contribution in [0.4, 0.5) is 4.79 Å². The summed E-state index contributed by atoms with van der Waals surface area (Å²) in [5, 5.41) is 21.8. The second kappa shape index (κ2) is 12.8. The molecule has 33 heavy (non-hydrogen) atoms. The number of alkyl carbamates (subject to hydrolysis) is 1. The molecule has 1 aromatic carbocycles.